The molecule has 138 valence electrons. The maximum atomic E-state index is 12.1. The first-order chi connectivity index (χ1) is 12.1. The lowest BCUT2D eigenvalue weighted by Crippen LogP contribution is -2.49. The van der Waals surface area contributed by atoms with Crippen LogP contribution in [0.1, 0.15) is 25.3 Å². The van der Waals surface area contributed by atoms with E-state index in [4.69, 9.17) is 4.74 Å². The van der Waals surface area contributed by atoms with E-state index < -0.39 is 0 Å². The minimum absolute atomic E-state index is 0.0892. The zero-order chi connectivity index (χ0) is 18.1. The molecule has 1 fully saturated rings. The minimum Gasteiger partial charge on any atom is -0.497 e. The van der Waals surface area contributed by atoms with E-state index in [1.165, 1.54) is 12.5 Å². The van der Waals surface area contributed by atoms with Crippen molar-refractivity contribution >= 4 is 11.8 Å². The molecule has 0 unspecified atom stereocenters. The first kappa shape index (κ1) is 19.2. The van der Waals surface area contributed by atoms with Crippen molar-refractivity contribution in [2.75, 3.05) is 46.4 Å². The molecule has 1 aliphatic heterocycles. The van der Waals surface area contributed by atoms with Crippen molar-refractivity contribution in [2.45, 2.75) is 26.2 Å². The van der Waals surface area contributed by atoms with Crippen molar-refractivity contribution in [3.8, 4) is 5.75 Å². The molecule has 0 aromatic heterocycles. The van der Waals surface area contributed by atoms with Gasteiger partial charge in [-0.3, -0.25) is 14.5 Å². The molecule has 1 N–H and O–H groups in total. The summed E-state index contributed by atoms with van der Waals surface area (Å²) in [6, 6.07) is 8.21. The summed E-state index contributed by atoms with van der Waals surface area (Å²) < 4.78 is 5.26. The van der Waals surface area contributed by atoms with Crippen LogP contribution in [0.2, 0.25) is 0 Å². The standard InChI is InChI=1S/C19H29N3O3/c1-16(23)20-9-8-19(24)22-13-11-21(12-14-22)10-4-6-17-5-3-7-18(15-17)25-2/h3,5,7,15H,4,6,8-14H2,1-2H3,(H,20,23). The zero-order valence-corrected chi connectivity index (χ0v) is 15.3. The molecule has 0 aliphatic carbocycles. The van der Waals surface area contributed by atoms with Gasteiger partial charge in [-0.25, -0.2) is 0 Å². The van der Waals surface area contributed by atoms with Gasteiger partial charge in [0, 0.05) is 46.1 Å². The smallest absolute Gasteiger partial charge is 0.224 e. The molecule has 6 nitrogen and oxygen atoms in total. The van der Waals surface area contributed by atoms with Gasteiger partial charge in [-0.2, -0.15) is 0 Å². The lowest BCUT2D eigenvalue weighted by atomic mass is 10.1. The molecule has 0 atom stereocenters. The average Bonchev–Trinajstić information content (AvgIpc) is 2.62. The molecular weight excluding hydrogens is 318 g/mol. The molecule has 0 bridgehead atoms. The molecule has 1 saturated heterocycles. The van der Waals surface area contributed by atoms with Crippen LogP contribution in [0.25, 0.3) is 0 Å². The molecule has 2 rings (SSSR count). The number of carbonyl (C=O) groups is 2. The van der Waals surface area contributed by atoms with E-state index in [0.717, 1.165) is 51.3 Å². The predicted octanol–water partition coefficient (Wildman–Crippen LogP) is 1.30. The number of amides is 2. The Balaban J connectivity index is 1.63. The van der Waals surface area contributed by atoms with Gasteiger partial charge in [0.05, 0.1) is 7.11 Å². The molecule has 1 aliphatic rings. The summed E-state index contributed by atoms with van der Waals surface area (Å²) in [4.78, 5) is 27.2. The van der Waals surface area contributed by atoms with Gasteiger partial charge in [-0.15, -0.1) is 0 Å². The third kappa shape index (κ3) is 6.74. The van der Waals surface area contributed by atoms with E-state index in [0.29, 0.717) is 13.0 Å². The van der Waals surface area contributed by atoms with Crippen LogP contribution >= 0.6 is 0 Å². The molecule has 0 radical (unpaired) electrons. The van der Waals surface area contributed by atoms with Crippen LogP contribution in [0.4, 0.5) is 0 Å². The van der Waals surface area contributed by atoms with E-state index in [9.17, 15) is 9.59 Å². The van der Waals surface area contributed by atoms with Crippen LogP contribution in [-0.4, -0.2) is 68.0 Å². The monoisotopic (exact) mass is 347 g/mol. The van der Waals surface area contributed by atoms with Crippen molar-refractivity contribution in [2.24, 2.45) is 0 Å². The number of aryl methyl sites for hydroxylation is 1. The fourth-order valence-electron chi connectivity index (χ4n) is 3.06. The molecule has 1 aromatic rings. The third-order valence-electron chi connectivity index (χ3n) is 4.51. The number of nitrogens with zero attached hydrogens (tertiary/aromatic N) is 2. The number of piperazine rings is 1. The second-order valence-corrected chi connectivity index (χ2v) is 6.41. The highest BCUT2D eigenvalue weighted by Gasteiger charge is 2.20. The number of hydrogen-bond donors (Lipinski definition) is 1. The SMILES string of the molecule is COc1cccc(CCCN2CCN(C(=O)CCNC(C)=O)CC2)c1. The Morgan fingerprint density at radius 2 is 1.96 bits per heavy atom. The molecule has 2 amide bonds. The Morgan fingerprint density at radius 3 is 2.64 bits per heavy atom. The fourth-order valence-corrected chi connectivity index (χ4v) is 3.06. The summed E-state index contributed by atoms with van der Waals surface area (Å²) >= 11 is 0. The average molecular weight is 347 g/mol. The van der Waals surface area contributed by atoms with Gasteiger partial charge in [0.25, 0.3) is 0 Å². The summed E-state index contributed by atoms with van der Waals surface area (Å²) in [6.45, 7) is 6.33. The Kier molecular flexibility index (Phi) is 7.73. The van der Waals surface area contributed by atoms with E-state index in [-0.39, 0.29) is 11.8 Å². The Labute approximate surface area is 150 Å². The number of carbonyl (C=O) groups excluding carboxylic acids is 2. The fraction of sp³-hybridized carbons (Fsp3) is 0.579. The van der Waals surface area contributed by atoms with Crippen LogP contribution in [-0.2, 0) is 16.0 Å². The van der Waals surface area contributed by atoms with E-state index >= 15 is 0 Å². The summed E-state index contributed by atoms with van der Waals surface area (Å²) in [5.41, 5.74) is 1.30. The number of ether oxygens (including phenoxy) is 1. The Bertz CT molecular complexity index is 569. The normalized spacial score (nSPS) is 15.0. The summed E-state index contributed by atoms with van der Waals surface area (Å²) in [7, 11) is 1.69. The van der Waals surface area contributed by atoms with Gasteiger partial charge < -0.3 is 15.0 Å². The molecular formula is C19H29N3O3. The molecule has 6 heteroatoms. The topological polar surface area (TPSA) is 61.9 Å². The lowest BCUT2D eigenvalue weighted by Gasteiger charge is -2.34. The Morgan fingerprint density at radius 1 is 1.20 bits per heavy atom. The van der Waals surface area contributed by atoms with Crippen LogP contribution < -0.4 is 10.1 Å². The summed E-state index contributed by atoms with van der Waals surface area (Å²) in [5.74, 6) is 0.947. The molecule has 0 saturated carbocycles. The molecule has 25 heavy (non-hydrogen) atoms. The second kappa shape index (κ2) is 10.0. The maximum absolute atomic E-state index is 12.1. The number of benzene rings is 1. The zero-order valence-electron chi connectivity index (χ0n) is 15.3. The van der Waals surface area contributed by atoms with Crippen molar-refractivity contribution in [1.82, 2.24) is 15.1 Å². The van der Waals surface area contributed by atoms with Crippen LogP contribution in [0.15, 0.2) is 24.3 Å². The number of hydrogen-bond acceptors (Lipinski definition) is 4. The first-order valence-corrected chi connectivity index (χ1v) is 8.96. The van der Waals surface area contributed by atoms with Crippen molar-refractivity contribution in [3.05, 3.63) is 29.8 Å². The Hall–Kier alpha value is -2.08. The van der Waals surface area contributed by atoms with Crippen molar-refractivity contribution in [3.63, 3.8) is 0 Å². The lowest BCUT2D eigenvalue weighted by molar-refractivity contribution is -0.132. The number of methoxy groups -OCH3 is 1. The maximum Gasteiger partial charge on any atom is 0.224 e. The summed E-state index contributed by atoms with van der Waals surface area (Å²) in [5, 5.41) is 2.67. The number of rotatable bonds is 8. The van der Waals surface area contributed by atoms with Crippen molar-refractivity contribution in [1.29, 1.82) is 0 Å². The van der Waals surface area contributed by atoms with Crippen LogP contribution in [0, 0.1) is 0 Å². The van der Waals surface area contributed by atoms with Gasteiger partial charge in [-0.1, -0.05) is 12.1 Å². The molecule has 1 heterocycles. The highest BCUT2D eigenvalue weighted by molar-refractivity contribution is 5.78. The quantitative estimate of drug-likeness (QED) is 0.770. The second-order valence-electron chi connectivity index (χ2n) is 6.41. The third-order valence-corrected chi connectivity index (χ3v) is 4.51. The van der Waals surface area contributed by atoms with Gasteiger partial charge in [0.2, 0.25) is 11.8 Å². The molecule has 0 spiro atoms. The van der Waals surface area contributed by atoms with Gasteiger partial charge in [0.15, 0.2) is 0 Å². The first-order valence-electron chi connectivity index (χ1n) is 8.96. The van der Waals surface area contributed by atoms with Gasteiger partial charge in [0.1, 0.15) is 5.75 Å². The van der Waals surface area contributed by atoms with E-state index in [1.54, 1.807) is 7.11 Å². The minimum atomic E-state index is -0.0892. The number of nitrogens with one attached hydrogen (secondary N) is 1. The molecule has 1 aromatic carbocycles. The van der Waals surface area contributed by atoms with Crippen LogP contribution in [0.5, 0.6) is 5.75 Å². The van der Waals surface area contributed by atoms with Gasteiger partial charge in [-0.05, 0) is 37.1 Å². The van der Waals surface area contributed by atoms with E-state index in [1.807, 2.05) is 17.0 Å². The predicted molar refractivity (Wildman–Crippen MR) is 97.6 cm³/mol. The highest BCUT2D eigenvalue weighted by Crippen LogP contribution is 2.14. The largest absolute Gasteiger partial charge is 0.497 e. The van der Waals surface area contributed by atoms with Crippen molar-refractivity contribution < 1.29 is 14.3 Å². The van der Waals surface area contributed by atoms with Crippen LogP contribution in [0.3, 0.4) is 0 Å². The summed E-state index contributed by atoms with van der Waals surface area (Å²) in [6.07, 6.45) is 2.52. The van der Waals surface area contributed by atoms with E-state index in [2.05, 4.69) is 22.3 Å². The van der Waals surface area contributed by atoms with Gasteiger partial charge >= 0.3 is 0 Å². The highest BCUT2D eigenvalue weighted by atomic mass is 16.5.